The van der Waals surface area contributed by atoms with Crippen LogP contribution in [0.1, 0.15) is 12.6 Å². The second-order valence-electron chi connectivity index (χ2n) is 5.88. The van der Waals surface area contributed by atoms with Crippen molar-refractivity contribution in [3.8, 4) is 5.75 Å². The highest BCUT2D eigenvalue weighted by atomic mass is 32.1. The number of hydrogen-bond donors (Lipinski definition) is 3. The number of thiazole rings is 1. The molecular weight excluding hydrogens is 395 g/mol. The lowest BCUT2D eigenvalue weighted by molar-refractivity contribution is -0.115. The lowest BCUT2D eigenvalue weighted by atomic mass is 10.2. The van der Waals surface area contributed by atoms with Crippen LogP contribution >= 0.6 is 11.3 Å². The summed E-state index contributed by atoms with van der Waals surface area (Å²) < 4.78 is 18.4. The highest BCUT2D eigenvalue weighted by Gasteiger charge is 2.12. The SMILES string of the molecule is CCOc1ccccc1NC(=O)Cc1csc(NC(=O)Nc2ccc(F)cc2)n1. The lowest BCUT2D eigenvalue weighted by Crippen LogP contribution is -2.19. The molecule has 3 N–H and O–H groups in total. The Balaban J connectivity index is 1.54. The maximum Gasteiger partial charge on any atom is 0.325 e. The Labute approximate surface area is 170 Å². The average molecular weight is 414 g/mol. The van der Waals surface area contributed by atoms with E-state index in [4.69, 9.17) is 4.74 Å². The minimum atomic E-state index is -0.507. The van der Waals surface area contributed by atoms with E-state index in [0.29, 0.717) is 34.6 Å². The Morgan fingerprint density at radius 1 is 1.07 bits per heavy atom. The van der Waals surface area contributed by atoms with Gasteiger partial charge in [-0.3, -0.25) is 10.1 Å². The Morgan fingerprint density at radius 3 is 2.59 bits per heavy atom. The van der Waals surface area contributed by atoms with Gasteiger partial charge in [0.1, 0.15) is 11.6 Å². The van der Waals surface area contributed by atoms with Gasteiger partial charge in [0.05, 0.1) is 24.4 Å². The van der Waals surface area contributed by atoms with Crippen molar-refractivity contribution in [2.45, 2.75) is 13.3 Å². The number of carbonyl (C=O) groups excluding carboxylic acids is 2. The summed E-state index contributed by atoms with van der Waals surface area (Å²) in [6.07, 6.45) is 0.0538. The number of nitrogens with one attached hydrogen (secondary N) is 3. The molecule has 1 heterocycles. The fourth-order valence-corrected chi connectivity index (χ4v) is 3.15. The zero-order valence-corrected chi connectivity index (χ0v) is 16.4. The standard InChI is InChI=1S/C20H19FN4O3S/c1-2-28-17-6-4-3-5-16(17)24-18(26)11-15-12-29-20(23-15)25-19(27)22-14-9-7-13(21)8-10-14/h3-10,12H,2,11H2,1H3,(H,24,26)(H2,22,23,25,27). The monoisotopic (exact) mass is 414 g/mol. The third-order valence-electron chi connectivity index (χ3n) is 3.68. The third-order valence-corrected chi connectivity index (χ3v) is 4.48. The molecule has 0 aliphatic rings. The molecule has 0 aliphatic heterocycles. The number of hydrogen-bond acceptors (Lipinski definition) is 5. The molecule has 3 amide bonds. The van der Waals surface area contributed by atoms with Gasteiger partial charge in [-0.2, -0.15) is 0 Å². The first-order chi connectivity index (χ1) is 14.0. The molecular formula is C20H19FN4O3S. The number of ether oxygens (including phenoxy) is 1. The van der Waals surface area contributed by atoms with Crippen LogP contribution in [0.5, 0.6) is 5.75 Å². The number of benzene rings is 2. The molecule has 0 aliphatic carbocycles. The second kappa shape index (κ2) is 9.65. The van der Waals surface area contributed by atoms with E-state index in [0.717, 1.165) is 0 Å². The Bertz CT molecular complexity index is 991. The van der Waals surface area contributed by atoms with Gasteiger partial charge in [0.25, 0.3) is 0 Å². The van der Waals surface area contributed by atoms with Crippen molar-refractivity contribution in [2.75, 3.05) is 22.6 Å². The fourth-order valence-electron chi connectivity index (χ4n) is 2.45. The first-order valence-corrected chi connectivity index (χ1v) is 9.71. The van der Waals surface area contributed by atoms with Crippen molar-refractivity contribution < 1.29 is 18.7 Å². The van der Waals surface area contributed by atoms with Crippen LogP contribution in [0.3, 0.4) is 0 Å². The topological polar surface area (TPSA) is 92.4 Å². The minimum absolute atomic E-state index is 0.0538. The minimum Gasteiger partial charge on any atom is -0.492 e. The smallest absolute Gasteiger partial charge is 0.325 e. The molecule has 0 atom stereocenters. The highest BCUT2D eigenvalue weighted by Crippen LogP contribution is 2.24. The zero-order valence-electron chi connectivity index (χ0n) is 15.6. The van der Waals surface area contributed by atoms with Crippen LogP contribution in [-0.4, -0.2) is 23.5 Å². The summed E-state index contributed by atoms with van der Waals surface area (Å²) in [7, 11) is 0. The van der Waals surface area contributed by atoms with E-state index < -0.39 is 6.03 Å². The summed E-state index contributed by atoms with van der Waals surface area (Å²) in [5.74, 6) is -0.0334. The first-order valence-electron chi connectivity index (χ1n) is 8.83. The van der Waals surface area contributed by atoms with Crippen LogP contribution in [0.4, 0.5) is 25.7 Å². The molecule has 0 radical (unpaired) electrons. The fraction of sp³-hybridized carbons (Fsp3) is 0.150. The number of nitrogens with zero attached hydrogens (tertiary/aromatic N) is 1. The molecule has 150 valence electrons. The van der Waals surface area contributed by atoms with Crippen molar-refractivity contribution in [1.82, 2.24) is 4.98 Å². The maximum absolute atomic E-state index is 12.9. The van der Waals surface area contributed by atoms with Crippen LogP contribution in [-0.2, 0) is 11.2 Å². The van der Waals surface area contributed by atoms with E-state index in [1.807, 2.05) is 19.1 Å². The summed E-state index contributed by atoms with van der Waals surface area (Å²) in [6.45, 7) is 2.36. The molecule has 2 aromatic carbocycles. The van der Waals surface area contributed by atoms with Gasteiger partial charge >= 0.3 is 6.03 Å². The summed E-state index contributed by atoms with van der Waals surface area (Å²) in [5, 5.41) is 10.0. The van der Waals surface area contributed by atoms with Crippen LogP contribution < -0.4 is 20.7 Å². The number of halogens is 1. The molecule has 0 spiro atoms. The number of para-hydroxylation sites is 2. The largest absolute Gasteiger partial charge is 0.492 e. The van der Waals surface area contributed by atoms with E-state index >= 15 is 0 Å². The predicted molar refractivity (Wildman–Crippen MR) is 111 cm³/mol. The van der Waals surface area contributed by atoms with Gasteiger partial charge < -0.3 is 15.4 Å². The van der Waals surface area contributed by atoms with E-state index in [9.17, 15) is 14.0 Å². The molecule has 29 heavy (non-hydrogen) atoms. The van der Waals surface area contributed by atoms with Gasteiger partial charge in [0, 0.05) is 11.1 Å². The first kappa shape index (κ1) is 20.3. The number of amides is 3. The molecule has 0 bridgehead atoms. The molecule has 7 nitrogen and oxygen atoms in total. The molecule has 3 aromatic rings. The Hall–Kier alpha value is -3.46. The normalized spacial score (nSPS) is 10.3. The predicted octanol–water partition coefficient (Wildman–Crippen LogP) is 4.51. The Morgan fingerprint density at radius 2 is 1.83 bits per heavy atom. The quantitative estimate of drug-likeness (QED) is 0.531. The number of rotatable bonds is 7. The number of urea groups is 1. The maximum atomic E-state index is 12.9. The van der Waals surface area contributed by atoms with E-state index in [1.54, 1.807) is 17.5 Å². The van der Waals surface area contributed by atoms with Crippen molar-refractivity contribution in [3.63, 3.8) is 0 Å². The van der Waals surface area contributed by atoms with Gasteiger partial charge in [-0.25, -0.2) is 14.2 Å². The average Bonchev–Trinajstić information content (AvgIpc) is 3.12. The number of carbonyl (C=O) groups is 2. The van der Waals surface area contributed by atoms with Crippen molar-refractivity contribution in [1.29, 1.82) is 0 Å². The molecule has 3 rings (SSSR count). The van der Waals surface area contributed by atoms with Gasteiger partial charge in [0.15, 0.2) is 5.13 Å². The third kappa shape index (κ3) is 6.01. The van der Waals surface area contributed by atoms with E-state index in [-0.39, 0.29) is 18.1 Å². The molecule has 0 fully saturated rings. The van der Waals surface area contributed by atoms with Gasteiger partial charge in [-0.1, -0.05) is 12.1 Å². The van der Waals surface area contributed by atoms with E-state index in [2.05, 4.69) is 20.9 Å². The van der Waals surface area contributed by atoms with Crippen molar-refractivity contribution >= 4 is 39.8 Å². The number of aromatic nitrogens is 1. The lowest BCUT2D eigenvalue weighted by Gasteiger charge is -2.10. The molecule has 0 saturated heterocycles. The highest BCUT2D eigenvalue weighted by molar-refractivity contribution is 7.14. The summed E-state index contributed by atoms with van der Waals surface area (Å²) in [4.78, 5) is 28.5. The number of anilines is 3. The summed E-state index contributed by atoms with van der Waals surface area (Å²) >= 11 is 1.20. The zero-order chi connectivity index (χ0) is 20.6. The molecule has 1 aromatic heterocycles. The molecule has 0 unspecified atom stereocenters. The van der Waals surface area contributed by atoms with Gasteiger partial charge in [-0.05, 0) is 43.3 Å². The molecule has 0 saturated carbocycles. The van der Waals surface area contributed by atoms with Crippen molar-refractivity contribution in [3.05, 3.63) is 65.4 Å². The second-order valence-corrected chi connectivity index (χ2v) is 6.74. The van der Waals surface area contributed by atoms with Gasteiger partial charge in [-0.15, -0.1) is 11.3 Å². The van der Waals surface area contributed by atoms with Crippen molar-refractivity contribution in [2.24, 2.45) is 0 Å². The van der Waals surface area contributed by atoms with Gasteiger partial charge in [0.2, 0.25) is 5.91 Å². The summed E-state index contributed by atoms with van der Waals surface area (Å²) in [6, 6.07) is 12.1. The van der Waals surface area contributed by atoms with Crippen LogP contribution in [0, 0.1) is 5.82 Å². The van der Waals surface area contributed by atoms with Crippen LogP contribution in [0.15, 0.2) is 53.9 Å². The Kier molecular flexibility index (Phi) is 6.75. The van der Waals surface area contributed by atoms with Crippen LogP contribution in [0.25, 0.3) is 0 Å². The molecule has 9 heteroatoms. The van der Waals surface area contributed by atoms with E-state index in [1.165, 1.54) is 35.6 Å². The summed E-state index contributed by atoms with van der Waals surface area (Å²) in [5.41, 5.74) is 1.57. The van der Waals surface area contributed by atoms with Crippen LogP contribution in [0.2, 0.25) is 0 Å².